The Bertz CT molecular complexity index is 788. The number of ketones is 1. The molecule has 1 atom stereocenters. The van der Waals surface area contributed by atoms with Crippen molar-refractivity contribution in [1.82, 2.24) is 14.8 Å². The summed E-state index contributed by atoms with van der Waals surface area (Å²) in [7, 11) is 4.03. The first-order valence-corrected chi connectivity index (χ1v) is 7.85. The highest BCUT2D eigenvalue weighted by Gasteiger charge is 2.35. The number of hydrogen-bond donors (Lipinski definition) is 1. The Balaban J connectivity index is 1.84. The second-order valence-corrected chi connectivity index (χ2v) is 6.21. The quantitative estimate of drug-likeness (QED) is 0.922. The van der Waals surface area contributed by atoms with Gasteiger partial charge in [0.05, 0.1) is 0 Å². The average Bonchev–Trinajstić information content (AvgIpc) is 3.01. The minimum atomic E-state index is -0.187. The maximum Gasteiger partial charge on any atom is 0.226 e. The van der Waals surface area contributed by atoms with Crippen LogP contribution in [0.2, 0.25) is 0 Å². The number of benzene rings is 1. The van der Waals surface area contributed by atoms with Gasteiger partial charge in [0.2, 0.25) is 5.95 Å². The normalized spacial score (nSPS) is 19.9. The molecule has 0 saturated heterocycles. The number of carbonyl (C=O) groups is 1. The van der Waals surface area contributed by atoms with Gasteiger partial charge >= 0.3 is 0 Å². The second kappa shape index (κ2) is 5.22. The molecular weight excluding hydrogens is 290 g/mol. The van der Waals surface area contributed by atoms with Gasteiger partial charge in [0.1, 0.15) is 12.4 Å². The molecule has 6 nitrogen and oxygen atoms in total. The Morgan fingerprint density at radius 3 is 2.74 bits per heavy atom. The summed E-state index contributed by atoms with van der Waals surface area (Å²) in [6.45, 7) is 0. The van der Waals surface area contributed by atoms with Crippen molar-refractivity contribution < 1.29 is 4.79 Å². The highest BCUT2D eigenvalue weighted by Crippen LogP contribution is 2.39. The second-order valence-electron chi connectivity index (χ2n) is 6.21. The first-order valence-electron chi connectivity index (χ1n) is 7.85. The van der Waals surface area contributed by atoms with Crippen molar-refractivity contribution in [1.29, 1.82) is 0 Å². The van der Waals surface area contributed by atoms with Crippen molar-refractivity contribution >= 4 is 17.4 Å². The summed E-state index contributed by atoms with van der Waals surface area (Å²) in [5.74, 6) is 0.918. The zero-order valence-corrected chi connectivity index (χ0v) is 13.3. The van der Waals surface area contributed by atoms with Crippen molar-refractivity contribution in [2.45, 2.75) is 25.3 Å². The van der Waals surface area contributed by atoms with Crippen molar-refractivity contribution in [3.63, 3.8) is 0 Å². The number of carbonyl (C=O) groups excluding carboxylic acids is 1. The van der Waals surface area contributed by atoms with E-state index in [2.05, 4.69) is 44.6 Å². The molecule has 0 saturated carbocycles. The zero-order chi connectivity index (χ0) is 16.0. The number of hydrogen-bond acceptors (Lipinski definition) is 5. The molecule has 0 spiro atoms. The van der Waals surface area contributed by atoms with Gasteiger partial charge in [-0.15, -0.1) is 0 Å². The van der Waals surface area contributed by atoms with E-state index in [0.717, 1.165) is 35.4 Å². The minimum absolute atomic E-state index is 0.187. The molecule has 2 aliphatic rings. The number of rotatable bonds is 2. The maximum atomic E-state index is 12.6. The third-order valence-electron chi connectivity index (χ3n) is 4.54. The third-order valence-corrected chi connectivity index (χ3v) is 4.54. The first kappa shape index (κ1) is 14.0. The number of Topliss-reactive ketones (excluding diaryl/α,β-unsaturated/α-hetero) is 1. The van der Waals surface area contributed by atoms with Gasteiger partial charge in [-0.1, -0.05) is 12.1 Å². The van der Waals surface area contributed by atoms with Crippen LogP contribution in [0.15, 0.2) is 41.9 Å². The maximum absolute atomic E-state index is 12.6. The van der Waals surface area contributed by atoms with Crippen LogP contribution in [0.4, 0.5) is 11.6 Å². The Kier molecular flexibility index (Phi) is 3.18. The lowest BCUT2D eigenvalue weighted by Crippen LogP contribution is -2.31. The predicted octanol–water partition coefficient (Wildman–Crippen LogP) is 2.37. The van der Waals surface area contributed by atoms with Crippen LogP contribution in [0, 0.1) is 0 Å². The Labute approximate surface area is 134 Å². The molecule has 4 rings (SSSR count). The molecule has 6 heteroatoms. The van der Waals surface area contributed by atoms with Gasteiger partial charge in [-0.05, 0) is 30.5 Å². The molecule has 1 aromatic heterocycles. The van der Waals surface area contributed by atoms with Crippen LogP contribution in [0.5, 0.6) is 0 Å². The number of nitrogens with one attached hydrogen (secondary N) is 1. The van der Waals surface area contributed by atoms with E-state index in [-0.39, 0.29) is 11.8 Å². The summed E-state index contributed by atoms with van der Waals surface area (Å²) >= 11 is 0. The van der Waals surface area contributed by atoms with Gasteiger partial charge in [0, 0.05) is 37.5 Å². The van der Waals surface area contributed by atoms with E-state index in [1.807, 2.05) is 18.8 Å². The summed E-state index contributed by atoms with van der Waals surface area (Å²) in [4.78, 5) is 18.9. The van der Waals surface area contributed by atoms with Gasteiger partial charge in [0.15, 0.2) is 5.78 Å². The molecule has 2 aromatic rings. The Morgan fingerprint density at radius 1 is 1.22 bits per heavy atom. The zero-order valence-electron chi connectivity index (χ0n) is 13.3. The lowest BCUT2D eigenvalue weighted by molar-refractivity contribution is -0.116. The fourth-order valence-electron chi connectivity index (χ4n) is 3.36. The summed E-state index contributed by atoms with van der Waals surface area (Å²) in [5, 5.41) is 7.62. The minimum Gasteiger partial charge on any atom is -0.378 e. The third kappa shape index (κ3) is 2.21. The standard InChI is InChI=1S/C17H19N5O/c1-21(2)12-8-6-11(7-9-12)16-15-13(4-3-5-14(15)23)20-17-18-10-19-22(16)17/h6-10,16H,3-5H2,1-2H3,(H,18,19,20). The van der Waals surface area contributed by atoms with E-state index in [4.69, 9.17) is 0 Å². The smallest absolute Gasteiger partial charge is 0.226 e. The predicted molar refractivity (Wildman–Crippen MR) is 88.4 cm³/mol. The summed E-state index contributed by atoms with van der Waals surface area (Å²) in [6, 6.07) is 8.10. The van der Waals surface area contributed by atoms with E-state index in [1.54, 1.807) is 0 Å². The monoisotopic (exact) mass is 309 g/mol. The molecule has 1 aliphatic carbocycles. The van der Waals surface area contributed by atoms with Crippen LogP contribution in [-0.4, -0.2) is 34.6 Å². The molecule has 1 aromatic carbocycles. The van der Waals surface area contributed by atoms with Crippen molar-refractivity contribution in [2.75, 3.05) is 24.3 Å². The average molecular weight is 309 g/mol. The van der Waals surface area contributed by atoms with Crippen molar-refractivity contribution in [3.05, 3.63) is 47.4 Å². The van der Waals surface area contributed by atoms with E-state index in [1.165, 1.54) is 6.33 Å². The van der Waals surface area contributed by atoms with E-state index in [9.17, 15) is 4.79 Å². The molecular formula is C17H19N5O. The number of fused-ring (bicyclic) bond motifs is 1. The number of anilines is 2. The van der Waals surface area contributed by atoms with Crippen LogP contribution < -0.4 is 10.2 Å². The number of allylic oxidation sites excluding steroid dienone is 2. The fourth-order valence-corrected chi connectivity index (χ4v) is 3.36. The van der Waals surface area contributed by atoms with Gasteiger partial charge in [-0.3, -0.25) is 4.79 Å². The van der Waals surface area contributed by atoms with E-state index in [0.29, 0.717) is 12.4 Å². The van der Waals surface area contributed by atoms with Gasteiger partial charge in [-0.25, -0.2) is 4.68 Å². The molecule has 1 aliphatic heterocycles. The van der Waals surface area contributed by atoms with Crippen LogP contribution in [0.1, 0.15) is 30.9 Å². The van der Waals surface area contributed by atoms with Gasteiger partial charge in [-0.2, -0.15) is 10.1 Å². The molecule has 118 valence electrons. The molecule has 1 N–H and O–H groups in total. The highest BCUT2D eigenvalue weighted by molar-refractivity contribution is 5.99. The van der Waals surface area contributed by atoms with Crippen LogP contribution in [0.25, 0.3) is 0 Å². The molecule has 0 amide bonds. The van der Waals surface area contributed by atoms with E-state index >= 15 is 0 Å². The Hall–Kier alpha value is -2.63. The molecule has 0 bridgehead atoms. The lowest BCUT2D eigenvalue weighted by atomic mass is 9.85. The van der Waals surface area contributed by atoms with Crippen molar-refractivity contribution in [2.24, 2.45) is 0 Å². The van der Waals surface area contributed by atoms with Crippen LogP contribution in [0.3, 0.4) is 0 Å². The van der Waals surface area contributed by atoms with E-state index < -0.39 is 0 Å². The fraction of sp³-hybridized carbons (Fsp3) is 0.353. The van der Waals surface area contributed by atoms with Crippen LogP contribution >= 0.6 is 0 Å². The lowest BCUT2D eigenvalue weighted by Gasteiger charge is -2.32. The summed E-state index contributed by atoms with van der Waals surface area (Å²) in [5.41, 5.74) is 4.03. The Morgan fingerprint density at radius 2 is 2.00 bits per heavy atom. The van der Waals surface area contributed by atoms with Gasteiger partial charge in [0.25, 0.3) is 0 Å². The molecule has 2 heterocycles. The van der Waals surface area contributed by atoms with Gasteiger partial charge < -0.3 is 10.2 Å². The van der Waals surface area contributed by atoms with Crippen molar-refractivity contribution in [3.8, 4) is 0 Å². The first-order chi connectivity index (χ1) is 11.1. The summed E-state index contributed by atoms with van der Waals surface area (Å²) < 4.78 is 1.81. The molecule has 1 unspecified atom stereocenters. The highest BCUT2D eigenvalue weighted by atomic mass is 16.1. The topological polar surface area (TPSA) is 63.1 Å². The largest absolute Gasteiger partial charge is 0.378 e. The molecule has 0 fully saturated rings. The SMILES string of the molecule is CN(C)c1ccc(C2C3=C(CCCC3=O)Nc3ncnn32)cc1. The van der Waals surface area contributed by atoms with Crippen LogP contribution in [-0.2, 0) is 4.79 Å². The summed E-state index contributed by atoms with van der Waals surface area (Å²) in [6.07, 6.45) is 3.93. The molecule has 0 radical (unpaired) electrons. The molecule has 23 heavy (non-hydrogen) atoms. The number of nitrogens with zero attached hydrogens (tertiary/aromatic N) is 4. The number of aromatic nitrogens is 3.